The maximum Gasteiger partial charge on any atom is 0.300 e. The van der Waals surface area contributed by atoms with Gasteiger partial charge in [0.1, 0.15) is 17.3 Å². The van der Waals surface area contributed by atoms with Crippen LogP contribution in [0.5, 0.6) is 11.5 Å². The number of hydrogen-bond acceptors (Lipinski definition) is 5. The number of aliphatic hydroxyl groups is 1. The molecule has 1 aliphatic rings. The van der Waals surface area contributed by atoms with Crippen LogP contribution in [0.15, 0.2) is 78.4 Å². The number of amides is 1. The largest absolute Gasteiger partial charge is 0.507 e. The molecule has 1 atom stereocenters. The van der Waals surface area contributed by atoms with E-state index in [2.05, 4.69) is 0 Å². The number of ketones is 1. The molecule has 0 radical (unpaired) electrons. The van der Waals surface area contributed by atoms with Gasteiger partial charge in [-0.2, -0.15) is 0 Å². The second-order valence-corrected chi connectivity index (χ2v) is 8.44. The topological polar surface area (TPSA) is 76.1 Å². The van der Waals surface area contributed by atoms with Crippen LogP contribution in [0.4, 0.5) is 5.69 Å². The zero-order valence-corrected chi connectivity index (χ0v) is 19.6. The van der Waals surface area contributed by atoms with Gasteiger partial charge in [0.2, 0.25) is 0 Å². The molecule has 4 rings (SSSR count). The summed E-state index contributed by atoms with van der Waals surface area (Å²) in [5, 5.41) is 11.4. The number of carbonyl (C=O) groups excluding carboxylic acids is 2. The van der Waals surface area contributed by atoms with Crippen molar-refractivity contribution in [2.24, 2.45) is 0 Å². The molecule has 3 aromatic rings. The number of ether oxygens (including phenoxy) is 2. The predicted octanol–water partition coefficient (Wildman–Crippen LogP) is 5.42. The Balaban J connectivity index is 1.95. The Kier molecular flexibility index (Phi) is 6.41. The van der Waals surface area contributed by atoms with Gasteiger partial charge in [-0.05, 0) is 56.7 Å². The highest BCUT2D eigenvalue weighted by atomic mass is 16.5. The number of aryl methyl sites for hydroxylation is 1. The van der Waals surface area contributed by atoms with E-state index >= 15 is 0 Å². The van der Waals surface area contributed by atoms with E-state index in [0.717, 1.165) is 5.56 Å². The van der Waals surface area contributed by atoms with Crippen LogP contribution in [0, 0.1) is 6.92 Å². The summed E-state index contributed by atoms with van der Waals surface area (Å²) in [6.45, 7) is 5.72. The summed E-state index contributed by atoms with van der Waals surface area (Å²) >= 11 is 0. The highest BCUT2D eigenvalue weighted by Crippen LogP contribution is 2.45. The van der Waals surface area contributed by atoms with Gasteiger partial charge in [0.05, 0.1) is 24.8 Å². The molecule has 0 spiro atoms. The maximum absolute atomic E-state index is 13.4. The van der Waals surface area contributed by atoms with E-state index in [-0.39, 0.29) is 17.4 Å². The zero-order chi connectivity index (χ0) is 24.4. The molecule has 6 heteroatoms. The quantitative estimate of drug-likeness (QED) is 0.304. The summed E-state index contributed by atoms with van der Waals surface area (Å²) in [7, 11) is 1.53. The molecular formula is C28H27NO5. The van der Waals surface area contributed by atoms with Crippen molar-refractivity contribution in [3.8, 4) is 11.5 Å². The number of rotatable bonds is 6. The summed E-state index contributed by atoms with van der Waals surface area (Å²) in [4.78, 5) is 28.1. The fourth-order valence-electron chi connectivity index (χ4n) is 4.21. The first-order valence-corrected chi connectivity index (χ1v) is 11.1. The second kappa shape index (κ2) is 9.43. The molecule has 6 nitrogen and oxygen atoms in total. The molecular weight excluding hydrogens is 430 g/mol. The van der Waals surface area contributed by atoms with Crippen LogP contribution in [0.25, 0.3) is 5.76 Å². The van der Waals surface area contributed by atoms with E-state index in [1.165, 1.54) is 12.0 Å². The fraction of sp³-hybridized carbons (Fsp3) is 0.214. The SMILES string of the molecule is COc1ccccc1C1/C(=C(\O)c2cccc(OC(C)C)c2)C(=O)C(=O)N1c1cccc(C)c1. The second-order valence-electron chi connectivity index (χ2n) is 8.44. The van der Waals surface area contributed by atoms with Gasteiger partial charge in [-0.15, -0.1) is 0 Å². The number of benzene rings is 3. The third kappa shape index (κ3) is 4.27. The molecule has 1 unspecified atom stereocenters. The van der Waals surface area contributed by atoms with Crippen LogP contribution in [0.2, 0.25) is 0 Å². The Bertz CT molecular complexity index is 1280. The van der Waals surface area contributed by atoms with Crippen molar-refractivity contribution >= 4 is 23.1 Å². The lowest BCUT2D eigenvalue weighted by Crippen LogP contribution is -2.29. The van der Waals surface area contributed by atoms with Crippen molar-refractivity contribution < 1.29 is 24.2 Å². The van der Waals surface area contributed by atoms with Crippen molar-refractivity contribution in [2.75, 3.05) is 12.0 Å². The van der Waals surface area contributed by atoms with E-state index in [1.54, 1.807) is 42.5 Å². The van der Waals surface area contributed by atoms with Crippen LogP contribution in [0.1, 0.15) is 36.6 Å². The summed E-state index contributed by atoms with van der Waals surface area (Å²) < 4.78 is 11.3. The third-order valence-electron chi connectivity index (χ3n) is 5.64. The van der Waals surface area contributed by atoms with E-state index in [1.807, 2.05) is 51.1 Å². The molecule has 3 aromatic carbocycles. The average Bonchev–Trinajstić information content (AvgIpc) is 3.08. The molecule has 1 aliphatic heterocycles. The smallest absolute Gasteiger partial charge is 0.300 e. The minimum absolute atomic E-state index is 0.00213. The zero-order valence-electron chi connectivity index (χ0n) is 19.6. The van der Waals surface area contributed by atoms with Crippen molar-refractivity contribution in [2.45, 2.75) is 32.9 Å². The van der Waals surface area contributed by atoms with Crippen LogP contribution < -0.4 is 14.4 Å². The summed E-state index contributed by atoms with van der Waals surface area (Å²) in [5.41, 5.74) is 2.49. The van der Waals surface area contributed by atoms with E-state index in [0.29, 0.717) is 28.3 Å². The molecule has 1 N–H and O–H groups in total. The summed E-state index contributed by atoms with van der Waals surface area (Å²) in [6.07, 6.45) is -0.0575. The van der Waals surface area contributed by atoms with Gasteiger partial charge in [-0.25, -0.2) is 0 Å². The average molecular weight is 458 g/mol. The first-order chi connectivity index (χ1) is 16.3. The Morgan fingerprint density at radius 3 is 2.41 bits per heavy atom. The van der Waals surface area contributed by atoms with Crippen LogP contribution in [-0.2, 0) is 9.59 Å². The number of methoxy groups -OCH3 is 1. The minimum atomic E-state index is -0.868. The van der Waals surface area contributed by atoms with E-state index in [9.17, 15) is 14.7 Å². The first kappa shape index (κ1) is 23.1. The van der Waals surface area contributed by atoms with Gasteiger partial charge in [0, 0.05) is 16.8 Å². The Labute approximate surface area is 199 Å². The molecule has 1 fully saturated rings. The normalized spacial score (nSPS) is 17.3. The molecule has 0 aliphatic carbocycles. The summed E-state index contributed by atoms with van der Waals surface area (Å²) in [5.74, 6) is -0.669. The predicted molar refractivity (Wildman–Crippen MR) is 131 cm³/mol. The Morgan fingerprint density at radius 1 is 0.971 bits per heavy atom. The third-order valence-corrected chi connectivity index (χ3v) is 5.64. The lowest BCUT2D eigenvalue weighted by molar-refractivity contribution is -0.132. The van der Waals surface area contributed by atoms with Crippen molar-refractivity contribution in [3.05, 3.63) is 95.1 Å². The van der Waals surface area contributed by atoms with Crippen molar-refractivity contribution in [1.82, 2.24) is 0 Å². The van der Waals surface area contributed by atoms with E-state index < -0.39 is 17.7 Å². The number of para-hydroxylation sites is 1. The van der Waals surface area contributed by atoms with Crippen molar-refractivity contribution in [3.63, 3.8) is 0 Å². The van der Waals surface area contributed by atoms with Crippen molar-refractivity contribution in [1.29, 1.82) is 0 Å². The Hall–Kier alpha value is -4.06. The monoisotopic (exact) mass is 457 g/mol. The minimum Gasteiger partial charge on any atom is -0.507 e. The standard InChI is InChI=1S/C28H27NO5/c1-17(2)34-21-12-8-10-19(16-21)26(30)24-25(22-13-5-6-14-23(22)33-4)29(28(32)27(24)31)20-11-7-9-18(3)15-20/h5-17,25,30H,1-4H3/b26-24+. The van der Waals surface area contributed by atoms with Gasteiger partial charge in [0.25, 0.3) is 11.7 Å². The number of Topliss-reactive ketones (excluding diaryl/α,β-unsaturated/α-hetero) is 1. The first-order valence-electron chi connectivity index (χ1n) is 11.1. The molecule has 174 valence electrons. The molecule has 0 bridgehead atoms. The fourth-order valence-corrected chi connectivity index (χ4v) is 4.21. The lowest BCUT2D eigenvalue weighted by Gasteiger charge is -2.27. The van der Waals surface area contributed by atoms with Gasteiger partial charge >= 0.3 is 0 Å². The van der Waals surface area contributed by atoms with Gasteiger partial charge < -0.3 is 14.6 Å². The molecule has 1 amide bonds. The molecule has 0 saturated carbocycles. The number of carbonyl (C=O) groups is 2. The highest BCUT2D eigenvalue weighted by molar-refractivity contribution is 6.51. The van der Waals surface area contributed by atoms with Gasteiger partial charge in [-0.3, -0.25) is 14.5 Å². The maximum atomic E-state index is 13.4. The Morgan fingerprint density at radius 2 is 1.71 bits per heavy atom. The van der Waals surface area contributed by atoms with Crippen LogP contribution >= 0.6 is 0 Å². The molecule has 1 heterocycles. The van der Waals surface area contributed by atoms with E-state index in [4.69, 9.17) is 9.47 Å². The lowest BCUT2D eigenvalue weighted by atomic mass is 9.94. The van der Waals surface area contributed by atoms with Crippen LogP contribution in [0.3, 0.4) is 0 Å². The number of nitrogens with zero attached hydrogens (tertiary/aromatic N) is 1. The molecule has 0 aromatic heterocycles. The number of anilines is 1. The number of hydrogen-bond donors (Lipinski definition) is 1. The molecule has 1 saturated heterocycles. The highest BCUT2D eigenvalue weighted by Gasteiger charge is 2.47. The van der Waals surface area contributed by atoms with Crippen LogP contribution in [-0.4, -0.2) is 30.0 Å². The molecule has 34 heavy (non-hydrogen) atoms. The van der Waals surface area contributed by atoms with Gasteiger partial charge in [-0.1, -0.05) is 42.5 Å². The number of aliphatic hydroxyl groups excluding tert-OH is 1. The summed E-state index contributed by atoms with van der Waals surface area (Å²) in [6, 6.07) is 20.5. The van der Waals surface area contributed by atoms with Gasteiger partial charge in [0.15, 0.2) is 0 Å².